The van der Waals surface area contributed by atoms with Crippen molar-refractivity contribution in [2.24, 2.45) is 4.99 Å². The summed E-state index contributed by atoms with van der Waals surface area (Å²) in [6, 6.07) is 8.46. The van der Waals surface area contributed by atoms with E-state index in [0.717, 1.165) is 30.5 Å². The lowest BCUT2D eigenvalue weighted by molar-refractivity contribution is 0.796. The van der Waals surface area contributed by atoms with E-state index in [-0.39, 0.29) is 0 Å². The Morgan fingerprint density at radius 1 is 1.29 bits per heavy atom. The minimum Gasteiger partial charge on any atom is -0.378 e. The Morgan fingerprint density at radius 2 is 2.12 bits per heavy atom. The quantitative estimate of drug-likeness (QED) is 0.598. The fraction of sp³-hybridized carbons (Fsp3) is 0.444. The third-order valence-electron chi connectivity index (χ3n) is 3.49. The highest BCUT2D eigenvalue weighted by molar-refractivity contribution is 7.11. The third kappa shape index (κ3) is 5.85. The number of hydrogen-bond acceptors (Lipinski definition) is 4. The van der Waals surface area contributed by atoms with Gasteiger partial charge in [-0.3, -0.25) is 0 Å². The van der Waals surface area contributed by atoms with Crippen molar-refractivity contribution in [2.75, 3.05) is 32.1 Å². The first-order valence-corrected chi connectivity index (χ1v) is 9.10. The highest BCUT2D eigenvalue weighted by atomic mass is 32.1. The fourth-order valence-corrected chi connectivity index (χ4v) is 3.04. The second-order valence-corrected chi connectivity index (χ2v) is 7.12. The van der Waals surface area contributed by atoms with Crippen LogP contribution in [0.15, 0.2) is 35.5 Å². The maximum absolute atomic E-state index is 4.68. The molecule has 0 bridgehead atoms. The minimum absolute atomic E-state index is 0.660. The lowest BCUT2D eigenvalue weighted by atomic mass is 10.2. The van der Waals surface area contributed by atoms with Gasteiger partial charge in [0.15, 0.2) is 5.96 Å². The first-order valence-electron chi connectivity index (χ1n) is 8.28. The van der Waals surface area contributed by atoms with E-state index in [1.165, 1.54) is 16.1 Å². The van der Waals surface area contributed by atoms with Crippen molar-refractivity contribution in [2.45, 2.75) is 26.8 Å². The van der Waals surface area contributed by atoms with Crippen LogP contribution in [0.2, 0.25) is 0 Å². The maximum Gasteiger partial charge on any atom is 0.191 e. The van der Waals surface area contributed by atoms with Crippen LogP contribution in [0.3, 0.4) is 0 Å². The molecule has 2 rings (SSSR count). The van der Waals surface area contributed by atoms with Crippen molar-refractivity contribution in [3.05, 3.63) is 45.9 Å². The molecule has 0 amide bonds. The van der Waals surface area contributed by atoms with Crippen molar-refractivity contribution in [3.8, 4) is 0 Å². The molecular weight excluding hydrogens is 318 g/mol. The third-order valence-corrected chi connectivity index (χ3v) is 4.46. The molecular formula is C18H27N5S. The number of aliphatic imine (C=N–C) groups is 1. The standard InChI is InChI=1S/C18H27N5S/c1-5-19-18(20-10-9-17-21-12-14(2)24-17)22-13-15-7-6-8-16(11-15)23(3)4/h6-8,11-12H,5,9-10,13H2,1-4H3,(H2,19,20,22). The zero-order valence-corrected chi connectivity index (χ0v) is 15.8. The number of aromatic nitrogens is 1. The molecule has 0 saturated heterocycles. The summed E-state index contributed by atoms with van der Waals surface area (Å²) in [6.07, 6.45) is 2.84. The number of guanidine groups is 1. The zero-order chi connectivity index (χ0) is 17.4. The van der Waals surface area contributed by atoms with Crippen LogP contribution >= 0.6 is 11.3 Å². The van der Waals surface area contributed by atoms with E-state index in [1.54, 1.807) is 11.3 Å². The number of anilines is 1. The van der Waals surface area contributed by atoms with Gasteiger partial charge in [0.05, 0.1) is 11.6 Å². The van der Waals surface area contributed by atoms with Crippen molar-refractivity contribution in [1.82, 2.24) is 15.6 Å². The van der Waals surface area contributed by atoms with Gasteiger partial charge in [-0.1, -0.05) is 12.1 Å². The van der Waals surface area contributed by atoms with Crippen LogP contribution in [0, 0.1) is 6.92 Å². The van der Waals surface area contributed by atoms with Crippen LogP contribution in [0.1, 0.15) is 22.4 Å². The second-order valence-electron chi connectivity index (χ2n) is 5.80. The van der Waals surface area contributed by atoms with Gasteiger partial charge in [0.2, 0.25) is 0 Å². The molecule has 0 saturated carbocycles. The summed E-state index contributed by atoms with van der Waals surface area (Å²) in [6.45, 7) is 6.50. The van der Waals surface area contributed by atoms with Crippen LogP contribution < -0.4 is 15.5 Å². The Balaban J connectivity index is 1.91. The predicted octanol–water partition coefficient (Wildman–Crippen LogP) is 2.82. The molecule has 0 fully saturated rings. The molecule has 6 heteroatoms. The minimum atomic E-state index is 0.660. The van der Waals surface area contributed by atoms with Crippen LogP contribution in [-0.4, -0.2) is 38.1 Å². The average molecular weight is 346 g/mol. The average Bonchev–Trinajstić information content (AvgIpc) is 2.98. The number of nitrogens with zero attached hydrogens (tertiary/aromatic N) is 3. The Hall–Kier alpha value is -2.08. The molecule has 0 aliphatic rings. The number of thiazole rings is 1. The first kappa shape index (κ1) is 18.3. The molecule has 0 spiro atoms. The molecule has 0 aliphatic carbocycles. The van der Waals surface area contributed by atoms with Gasteiger partial charge in [0.25, 0.3) is 0 Å². The molecule has 5 nitrogen and oxygen atoms in total. The van der Waals surface area contributed by atoms with E-state index in [9.17, 15) is 0 Å². The number of hydrogen-bond donors (Lipinski definition) is 2. The summed E-state index contributed by atoms with van der Waals surface area (Å²) >= 11 is 1.75. The van der Waals surface area contributed by atoms with Gasteiger partial charge >= 0.3 is 0 Å². The van der Waals surface area contributed by atoms with Gasteiger partial charge < -0.3 is 15.5 Å². The van der Waals surface area contributed by atoms with Gasteiger partial charge in [-0.2, -0.15) is 0 Å². The summed E-state index contributed by atoms with van der Waals surface area (Å²) in [5.41, 5.74) is 2.40. The second kappa shape index (κ2) is 9.27. The largest absolute Gasteiger partial charge is 0.378 e. The summed E-state index contributed by atoms with van der Waals surface area (Å²) in [4.78, 5) is 12.4. The first-order chi connectivity index (χ1) is 11.6. The predicted molar refractivity (Wildman–Crippen MR) is 104 cm³/mol. The molecule has 0 radical (unpaired) electrons. The molecule has 0 aliphatic heterocycles. The number of nitrogens with one attached hydrogen (secondary N) is 2. The van der Waals surface area contributed by atoms with Gasteiger partial charge in [-0.05, 0) is 31.5 Å². The summed E-state index contributed by atoms with van der Waals surface area (Å²) < 4.78 is 0. The number of benzene rings is 1. The van der Waals surface area contributed by atoms with E-state index >= 15 is 0 Å². The summed E-state index contributed by atoms with van der Waals surface area (Å²) in [5.74, 6) is 0.848. The monoisotopic (exact) mass is 345 g/mol. The van der Waals surface area contributed by atoms with E-state index in [1.807, 2.05) is 20.3 Å². The van der Waals surface area contributed by atoms with Crippen molar-refractivity contribution < 1.29 is 0 Å². The molecule has 2 N–H and O–H groups in total. The topological polar surface area (TPSA) is 52.6 Å². The van der Waals surface area contributed by atoms with Gasteiger partial charge in [0, 0.05) is 50.4 Å². The van der Waals surface area contributed by atoms with Crippen LogP contribution in [0.25, 0.3) is 0 Å². The zero-order valence-electron chi connectivity index (χ0n) is 15.0. The van der Waals surface area contributed by atoms with E-state index < -0.39 is 0 Å². The molecule has 0 atom stereocenters. The van der Waals surface area contributed by atoms with Gasteiger partial charge in [-0.15, -0.1) is 11.3 Å². The van der Waals surface area contributed by atoms with E-state index in [0.29, 0.717) is 6.54 Å². The van der Waals surface area contributed by atoms with Gasteiger partial charge in [-0.25, -0.2) is 9.98 Å². The summed E-state index contributed by atoms with van der Waals surface area (Å²) in [7, 11) is 4.10. The Bertz CT molecular complexity index is 663. The van der Waals surface area contributed by atoms with Crippen molar-refractivity contribution in [1.29, 1.82) is 0 Å². The van der Waals surface area contributed by atoms with Crippen molar-refractivity contribution in [3.63, 3.8) is 0 Å². The maximum atomic E-state index is 4.68. The van der Waals surface area contributed by atoms with Crippen LogP contribution in [0.5, 0.6) is 0 Å². The Kier molecular flexibility index (Phi) is 7.06. The fourth-order valence-electron chi connectivity index (χ4n) is 2.25. The molecule has 0 unspecified atom stereocenters. The van der Waals surface area contributed by atoms with E-state index in [2.05, 4.69) is 63.6 Å². The van der Waals surface area contributed by atoms with E-state index in [4.69, 9.17) is 0 Å². The highest BCUT2D eigenvalue weighted by Crippen LogP contribution is 2.14. The molecule has 130 valence electrons. The molecule has 1 aromatic heterocycles. The van der Waals surface area contributed by atoms with Crippen molar-refractivity contribution >= 4 is 23.0 Å². The normalized spacial score (nSPS) is 11.4. The summed E-state index contributed by atoms with van der Waals surface area (Å²) in [5, 5.41) is 7.84. The number of rotatable bonds is 7. The smallest absolute Gasteiger partial charge is 0.191 e. The van der Waals surface area contributed by atoms with Gasteiger partial charge in [0.1, 0.15) is 0 Å². The number of aryl methyl sites for hydroxylation is 1. The van der Waals surface area contributed by atoms with Crippen LogP contribution in [-0.2, 0) is 13.0 Å². The SMILES string of the molecule is CCNC(=NCc1cccc(N(C)C)c1)NCCc1ncc(C)s1. The highest BCUT2D eigenvalue weighted by Gasteiger charge is 2.02. The molecule has 24 heavy (non-hydrogen) atoms. The Morgan fingerprint density at radius 3 is 2.79 bits per heavy atom. The van der Waals surface area contributed by atoms with Crippen LogP contribution in [0.4, 0.5) is 5.69 Å². The molecule has 1 heterocycles. The lowest BCUT2D eigenvalue weighted by Gasteiger charge is -2.14. The Labute approximate surface area is 148 Å². The lowest BCUT2D eigenvalue weighted by Crippen LogP contribution is -2.38. The molecule has 2 aromatic rings. The molecule has 1 aromatic carbocycles.